The molecule has 0 bridgehead atoms. The van der Waals surface area contributed by atoms with Crippen LogP contribution in [-0.2, 0) is 14.8 Å². The Kier molecular flexibility index (Phi) is 8.07. The van der Waals surface area contributed by atoms with Crippen LogP contribution >= 0.6 is 11.8 Å². The molecule has 2 aromatic carbocycles. The van der Waals surface area contributed by atoms with E-state index in [0.29, 0.717) is 16.8 Å². The van der Waals surface area contributed by atoms with Gasteiger partial charge in [0.1, 0.15) is 0 Å². The summed E-state index contributed by atoms with van der Waals surface area (Å²) >= 11 is 1.15. The number of carbonyl (C=O) groups excluding carboxylic acids is 1. The number of nitrogens with one attached hydrogen (secondary N) is 4. The molecule has 3 aromatic rings. The van der Waals surface area contributed by atoms with E-state index < -0.39 is 15.6 Å². The molecule has 0 saturated carbocycles. The molecule has 12 heteroatoms. The van der Waals surface area contributed by atoms with Gasteiger partial charge in [0.15, 0.2) is 0 Å². The minimum absolute atomic E-state index is 0.0786. The van der Waals surface area contributed by atoms with E-state index in [2.05, 4.69) is 35.7 Å². The summed E-state index contributed by atoms with van der Waals surface area (Å²) in [6.45, 7) is 7.18. The highest BCUT2D eigenvalue weighted by molar-refractivity contribution is 7.99. The lowest BCUT2D eigenvalue weighted by molar-refractivity contribution is -0.113. The number of amides is 1. The molecule has 4 N–H and O–H groups in total. The number of hydrogen-bond acceptors (Lipinski definition) is 8. The van der Waals surface area contributed by atoms with Crippen LogP contribution in [0.5, 0.6) is 0 Å². The fourth-order valence-corrected chi connectivity index (χ4v) is 4.77. The first-order chi connectivity index (χ1) is 16.0. The maximum atomic E-state index is 12.4. The molecular formula is C22H27N7O3S2. The van der Waals surface area contributed by atoms with E-state index in [0.717, 1.165) is 23.0 Å². The monoisotopic (exact) mass is 501 g/mol. The van der Waals surface area contributed by atoms with Crippen molar-refractivity contribution in [3.63, 3.8) is 0 Å². The summed E-state index contributed by atoms with van der Waals surface area (Å²) in [5, 5.41) is 14.2. The van der Waals surface area contributed by atoms with E-state index in [1.54, 1.807) is 32.9 Å². The van der Waals surface area contributed by atoms with Crippen LogP contribution < -0.4 is 15.5 Å². The van der Waals surface area contributed by atoms with Gasteiger partial charge in [0.25, 0.3) is 0 Å². The molecule has 0 radical (unpaired) electrons. The third-order valence-corrected chi connectivity index (χ3v) is 6.83. The standard InChI is InChI=1S/C22H27N7O3S2/c1-15(16-8-6-5-7-9-16)25-26-20-24-21(28-27-20)33-14-19(30)23-17-10-12-18(13-11-17)34(31,32)29-22(2,3)4/h5-13,29H,14H2,1-4H3,(H,23,30)(H2,24,26,27,28)/b25-15+. The molecule has 0 aliphatic rings. The van der Waals surface area contributed by atoms with E-state index in [1.165, 1.54) is 12.1 Å². The van der Waals surface area contributed by atoms with Crippen molar-refractivity contribution in [2.75, 3.05) is 16.5 Å². The first kappa shape index (κ1) is 25.4. The van der Waals surface area contributed by atoms with Gasteiger partial charge in [-0.2, -0.15) is 10.1 Å². The maximum Gasteiger partial charge on any atom is 0.241 e. The number of aromatic amines is 1. The Morgan fingerprint density at radius 3 is 2.41 bits per heavy atom. The summed E-state index contributed by atoms with van der Waals surface area (Å²) in [7, 11) is -3.64. The van der Waals surface area contributed by atoms with Crippen molar-refractivity contribution in [1.82, 2.24) is 19.9 Å². The predicted molar refractivity (Wildman–Crippen MR) is 135 cm³/mol. The number of nitrogens with zero attached hydrogens (tertiary/aromatic N) is 3. The fourth-order valence-electron chi connectivity index (χ4n) is 2.75. The van der Waals surface area contributed by atoms with Gasteiger partial charge in [0, 0.05) is 11.2 Å². The number of hydrazone groups is 1. The topological polar surface area (TPSA) is 141 Å². The number of sulfonamides is 1. The average Bonchev–Trinajstić information content (AvgIpc) is 3.23. The van der Waals surface area contributed by atoms with Gasteiger partial charge in [-0.15, -0.1) is 5.10 Å². The Bertz CT molecular complexity index is 1250. The zero-order valence-corrected chi connectivity index (χ0v) is 20.9. The highest BCUT2D eigenvalue weighted by atomic mass is 32.2. The van der Waals surface area contributed by atoms with Crippen LogP contribution in [-0.4, -0.2) is 46.5 Å². The molecular weight excluding hydrogens is 474 g/mol. The first-order valence-electron chi connectivity index (χ1n) is 10.4. The second-order valence-electron chi connectivity index (χ2n) is 8.36. The molecule has 0 aliphatic carbocycles. The van der Waals surface area contributed by atoms with Crippen LogP contribution in [0.1, 0.15) is 33.3 Å². The van der Waals surface area contributed by atoms with Crippen LogP contribution in [0.3, 0.4) is 0 Å². The Labute approximate surface area is 203 Å². The molecule has 34 heavy (non-hydrogen) atoms. The smallest absolute Gasteiger partial charge is 0.241 e. The zero-order chi connectivity index (χ0) is 24.8. The van der Waals surface area contributed by atoms with E-state index in [-0.39, 0.29) is 16.6 Å². The maximum absolute atomic E-state index is 12.4. The molecule has 0 unspecified atom stereocenters. The van der Waals surface area contributed by atoms with Gasteiger partial charge in [-0.3, -0.25) is 4.79 Å². The molecule has 0 spiro atoms. The minimum atomic E-state index is -3.64. The number of thioether (sulfide) groups is 1. The molecule has 1 amide bonds. The van der Waals surface area contributed by atoms with Gasteiger partial charge in [-0.05, 0) is 57.5 Å². The molecule has 1 heterocycles. The van der Waals surface area contributed by atoms with Crippen LogP contribution in [0.15, 0.2) is 69.8 Å². The molecule has 3 rings (SSSR count). The molecule has 0 fully saturated rings. The lowest BCUT2D eigenvalue weighted by Crippen LogP contribution is -2.40. The van der Waals surface area contributed by atoms with E-state index in [4.69, 9.17) is 0 Å². The molecule has 180 valence electrons. The zero-order valence-electron chi connectivity index (χ0n) is 19.3. The molecule has 0 saturated heterocycles. The lowest BCUT2D eigenvalue weighted by Gasteiger charge is -2.20. The highest BCUT2D eigenvalue weighted by Gasteiger charge is 2.21. The second kappa shape index (κ2) is 10.8. The van der Waals surface area contributed by atoms with Crippen LogP contribution in [0, 0.1) is 0 Å². The Hall–Kier alpha value is -3.22. The number of aromatic nitrogens is 3. The van der Waals surface area contributed by atoms with Crippen molar-refractivity contribution in [1.29, 1.82) is 0 Å². The quantitative estimate of drug-likeness (QED) is 0.200. The van der Waals surface area contributed by atoms with Crippen LogP contribution in [0.2, 0.25) is 0 Å². The Balaban J connectivity index is 1.50. The molecule has 0 aliphatic heterocycles. The number of hydrogen-bond donors (Lipinski definition) is 4. The average molecular weight is 502 g/mol. The van der Waals surface area contributed by atoms with Crippen molar-refractivity contribution in [3.05, 3.63) is 60.2 Å². The van der Waals surface area contributed by atoms with Gasteiger partial charge < -0.3 is 5.32 Å². The first-order valence-corrected chi connectivity index (χ1v) is 12.8. The minimum Gasteiger partial charge on any atom is -0.325 e. The van der Waals surface area contributed by atoms with Gasteiger partial charge in [-0.1, -0.05) is 42.1 Å². The fraction of sp³-hybridized carbons (Fsp3) is 0.273. The summed E-state index contributed by atoms with van der Waals surface area (Å²) in [5.41, 5.74) is 4.48. The number of H-pyrrole nitrogens is 1. The second-order valence-corrected chi connectivity index (χ2v) is 11.0. The van der Waals surface area contributed by atoms with Crippen molar-refractivity contribution in [3.8, 4) is 0 Å². The van der Waals surface area contributed by atoms with E-state index >= 15 is 0 Å². The summed E-state index contributed by atoms with van der Waals surface area (Å²) < 4.78 is 27.3. The molecule has 10 nitrogen and oxygen atoms in total. The van der Waals surface area contributed by atoms with E-state index in [1.807, 2.05) is 37.3 Å². The normalized spacial score (nSPS) is 12.4. The Morgan fingerprint density at radius 2 is 1.76 bits per heavy atom. The number of rotatable bonds is 9. The predicted octanol–water partition coefficient (Wildman–Crippen LogP) is 3.45. The number of anilines is 2. The van der Waals surface area contributed by atoms with Crippen molar-refractivity contribution in [2.24, 2.45) is 5.10 Å². The lowest BCUT2D eigenvalue weighted by atomic mass is 10.1. The van der Waals surface area contributed by atoms with Gasteiger partial charge >= 0.3 is 0 Å². The largest absolute Gasteiger partial charge is 0.325 e. The van der Waals surface area contributed by atoms with E-state index in [9.17, 15) is 13.2 Å². The molecule has 0 atom stereocenters. The van der Waals surface area contributed by atoms with Gasteiger partial charge in [0.05, 0.1) is 16.4 Å². The highest BCUT2D eigenvalue weighted by Crippen LogP contribution is 2.18. The summed E-state index contributed by atoms with van der Waals surface area (Å²) in [4.78, 5) is 16.6. The SMILES string of the molecule is C/C(=N\Nc1nc(SCC(=O)Nc2ccc(S(=O)(=O)NC(C)(C)C)cc2)n[nH]1)c1ccccc1. The summed E-state index contributed by atoms with van der Waals surface area (Å²) in [5.74, 6) is 0.166. The summed E-state index contributed by atoms with van der Waals surface area (Å²) in [6, 6.07) is 15.7. The third kappa shape index (κ3) is 7.68. The van der Waals surface area contributed by atoms with Crippen molar-refractivity contribution in [2.45, 2.75) is 43.3 Å². The van der Waals surface area contributed by atoms with Crippen molar-refractivity contribution < 1.29 is 13.2 Å². The summed E-state index contributed by atoms with van der Waals surface area (Å²) in [6.07, 6.45) is 0. The molecule has 1 aromatic heterocycles. The van der Waals surface area contributed by atoms with Gasteiger partial charge in [-0.25, -0.2) is 23.7 Å². The number of carbonyl (C=O) groups is 1. The van der Waals surface area contributed by atoms with Crippen LogP contribution in [0.4, 0.5) is 11.6 Å². The third-order valence-electron chi connectivity index (χ3n) is 4.21. The Morgan fingerprint density at radius 1 is 1.09 bits per heavy atom. The number of benzene rings is 2. The van der Waals surface area contributed by atoms with Gasteiger partial charge in [0.2, 0.25) is 27.0 Å². The van der Waals surface area contributed by atoms with Crippen LogP contribution in [0.25, 0.3) is 0 Å². The van der Waals surface area contributed by atoms with Crippen molar-refractivity contribution >= 4 is 45.0 Å².